The van der Waals surface area contributed by atoms with Crippen LogP contribution in [0.4, 0.5) is 17.1 Å². The van der Waals surface area contributed by atoms with Gasteiger partial charge in [-0.25, -0.2) is 0 Å². The highest BCUT2D eigenvalue weighted by Gasteiger charge is 2.18. The quantitative estimate of drug-likeness (QED) is 0.201. The molecule has 10 aromatic rings. The number of fused-ring (bicyclic) bond motifs is 9. The molecule has 0 bridgehead atoms. The third-order valence-corrected chi connectivity index (χ3v) is 9.39. The first kappa shape index (κ1) is 26.0. The van der Waals surface area contributed by atoms with Gasteiger partial charge in [0.2, 0.25) is 0 Å². The molecule has 47 heavy (non-hydrogen) atoms. The number of rotatable bonds is 4. The number of furan rings is 2. The van der Waals surface area contributed by atoms with E-state index < -0.39 is 0 Å². The molecule has 0 N–H and O–H groups in total. The average Bonchev–Trinajstić information content (AvgIpc) is 3.68. The minimum absolute atomic E-state index is 0.830. The van der Waals surface area contributed by atoms with Crippen LogP contribution in [-0.2, 0) is 0 Å². The Labute approximate surface area is 270 Å². The minimum atomic E-state index is 0.830. The van der Waals surface area contributed by atoms with Crippen molar-refractivity contribution < 1.29 is 8.83 Å². The molecule has 0 fully saturated rings. The molecule has 0 unspecified atom stereocenters. The molecule has 2 heterocycles. The lowest BCUT2D eigenvalue weighted by molar-refractivity contribution is 0.663. The van der Waals surface area contributed by atoms with E-state index in [1.807, 2.05) is 0 Å². The lowest BCUT2D eigenvalue weighted by Crippen LogP contribution is -2.09. The first-order valence-corrected chi connectivity index (χ1v) is 15.9. The Morgan fingerprint density at radius 1 is 0.340 bits per heavy atom. The van der Waals surface area contributed by atoms with Crippen molar-refractivity contribution in [3.63, 3.8) is 0 Å². The number of benzene rings is 8. The number of hydrogen-bond donors (Lipinski definition) is 0. The van der Waals surface area contributed by atoms with Crippen molar-refractivity contribution in [2.24, 2.45) is 0 Å². The zero-order valence-electron chi connectivity index (χ0n) is 25.4. The van der Waals surface area contributed by atoms with Crippen LogP contribution in [0.5, 0.6) is 0 Å². The van der Waals surface area contributed by atoms with Crippen molar-refractivity contribution in [3.8, 4) is 11.1 Å². The Morgan fingerprint density at radius 2 is 0.936 bits per heavy atom. The molecule has 0 radical (unpaired) electrons. The van der Waals surface area contributed by atoms with Gasteiger partial charge in [-0.05, 0) is 105 Å². The zero-order valence-corrected chi connectivity index (χ0v) is 25.4. The standard InChI is InChI=1S/C44H27NO2/c1-3-9-28(10-4-1)29-15-18-35(19-16-29)45(34-13-5-2-6-14-34)36-20-17-32-25-39-42(27-33(32)23-36)46-40-22-21-37-38-24-30-11-7-8-12-31(30)26-41(38)47-44(37)43(39)40/h1-27H. The fourth-order valence-electron chi connectivity index (χ4n) is 7.11. The summed E-state index contributed by atoms with van der Waals surface area (Å²) in [5, 5.41) is 8.95. The molecule has 3 heteroatoms. The maximum absolute atomic E-state index is 6.57. The fourth-order valence-corrected chi connectivity index (χ4v) is 7.11. The van der Waals surface area contributed by atoms with Crippen molar-refractivity contribution >= 4 is 82.5 Å². The highest BCUT2D eigenvalue weighted by atomic mass is 16.3. The van der Waals surface area contributed by atoms with Crippen LogP contribution in [0.1, 0.15) is 0 Å². The summed E-state index contributed by atoms with van der Waals surface area (Å²) in [6.45, 7) is 0. The normalized spacial score (nSPS) is 11.8. The number of nitrogens with zero attached hydrogens (tertiary/aromatic N) is 1. The van der Waals surface area contributed by atoms with E-state index in [0.29, 0.717) is 0 Å². The predicted molar refractivity (Wildman–Crippen MR) is 196 cm³/mol. The molecule has 0 aliphatic rings. The Balaban J connectivity index is 1.12. The molecule has 0 amide bonds. The van der Waals surface area contributed by atoms with E-state index >= 15 is 0 Å². The summed E-state index contributed by atoms with van der Waals surface area (Å²) in [6.07, 6.45) is 0. The molecule has 0 aliphatic carbocycles. The Hall–Kier alpha value is -6.32. The van der Waals surface area contributed by atoms with Gasteiger partial charge in [-0.3, -0.25) is 0 Å². The van der Waals surface area contributed by atoms with Gasteiger partial charge >= 0.3 is 0 Å². The summed E-state index contributed by atoms with van der Waals surface area (Å²) in [6, 6.07) is 57.9. The second kappa shape index (κ2) is 10.1. The van der Waals surface area contributed by atoms with Crippen LogP contribution in [0.2, 0.25) is 0 Å². The number of anilines is 3. The first-order chi connectivity index (χ1) is 23.3. The van der Waals surface area contributed by atoms with Crippen LogP contribution in [0.3, 0.4) is 0 Å². The monoisotopic (exact) mass is 601 g/mol. The van der Waals surface area contributed by atoms with Crippen LogP contribution in [0.15, 0.2) is 173 Å². The molecular formula is C44H27NO2. The van der Waals surface area contributed by atoms with Gasteiger partial charge in [0.05, 0.1) is 5.39 Å². The van der Waals surface area contributed by atoms with Gasteiger partial charge in [0, 0.05) is 33.2 Å². The van der Waals surface area contributed by atoms with E-state index in [0.717, 1.165) is 71.7 Å². The molecular weight excluding hydrogens is 574 g/mol. The molecule has 0 spiro atoms. The molecule has 0 aliphatic heterocycles. The molecule has 2 aromatic heterocycles. The van der Waals surface area contributed by atoms with E-state index in [2.05, 4.69) is 169 Å². The van der Waals surface area contributed by atoms with Crippen molar-refractivity contribution in [2.75, 3.05) is 4.90 Å². The van der Waals surface area contributed by atoms with Crippen LogP contribution >= 0.6 is 0 Å². The zero-order chi connectivity index (χ0) is 30.9. The molecule has 220 valence electrons. The topological polar surface area (TPSA) is 29.5 Å². The third-order valence-electron chi connectivity index (χ3n) is 9.39. The van der Waals surface area contributed by atoms with Crippen LogP contribution in [-0.4, -0.2) is 0 Å². The first-order valence-electron chi connectivity index (χ1n) is 15.9. The van der Waals surface area contributed by atoms with Crippen LogP contribution in [0.25, 0.3) is 76.5 Å². The van der Waals surface area contributed by atoms with Gasteiger partial charge in [-0.1, -0.05) is 91.0 Å². The lowest BCUT2D eigenvalue weighted by atomic mass is 10.0. The van der Waals surface area contributed by atoms with Crippen LogP contribution in [0, 0.1) is 0 Å². The second-order valence-electron chi connectivity index (χ2n) is 12.2. The number of para-hydroxylation sites is 1. The Bertz CT molecular complexity index is 2770. The van der Waals surface area contributed by atoms with Gasteiger partial charge in [-0.15, -0.1) is 0 Å². The molecule has 0 saturated heterocycles. The highest BCUT2D eigenvalue weighted by molar-refractivity contribution is 6.24. The third kappa shape index (κ3) is 4.14. The van der Waals surface area contributed by atoms with E-state index in [4.69, 9.17) is 8.83 Å². The van der Waals surface area contributed by atoms with E-state index in [9.17, 15) is 0 Å². The molecule has 0 atom stereocenters. The van der Waals surface area contributed by atoms with E-state index in [1.54, 1.807) is 0 Å². The molecule has 10 rings (SSSR count). The van der Waals surface area contributed by atoms with Crippen molar-refractivity contribution in [1.82, 2.24) is 0 Å². The molecule has 0 saturated carbocycles. The van der Waals surface area contributed by atoms with Crippen molar-refractivity contribution in [2.45, 2.75) is 0 Å². The van der Waals surface area contributed by atoms with Gasteiger partial charge < -0.3 is 13.7 Å². The van der Waals surface area contributed by atoms with Gasteiger partial charge in [-0.2, -0.15) is 0 Å². The summed E-state index contributed by atoms with van der Waals surface area (Å²) in [5.41, 5.74) is 9.12. The maximum atomic E-state index is 6.57. The highest BCUT2D eigenvalue weighted by Crippen LogP contribution is 2.43. The maximum Gasteiger partial charge on any atom is 0.147 e. The summed E-state index contributed by atoms with van der Waals surface area (Å²) in [5.74, 6) is 0. The summed E-state index contributed by atoms with van der Waals surface area (Å²) < 4.78 is 13.1. The summed E-state index contributed by atoms with van der Waals surface area (Å²) in [7, 11) is 0. The van der Waals surface area contributed by atoms with Gasteiger partial charge in [0.15, 0.2) is 0 Å². The SMILES string of the molecule is c1ccc(-c2ccc(N(c3ccccc3)c3ccc4cc5c(cc4c3)oc3ccc4c6cc7ccccc7cc6oc4c35)cc2)cc1. The predicted octanol–water partition coefficient (Wildman–Crippen LogP) is 12.9. The van der Waals surface area contributed by atoms with Crippen molar-refractivity contribution in [1.29, 1.82) is 0 Å². The summed E-state index contributed by atoms with van der Waals surface area (Å²) >= 11 is 0. The Morgan fingerprint density at radius 3 is 1.74 bits per heavy atom. The molecule has 3 nitrogen and oxygen atoms in total. The average molecular weight is 602 g/mol. The largest absolute Gasteiger partial charge is 0.456 e. The fraction of sp³-hybridized carbons (Fsp3) is 0. The summed E-state index contributed by atoms with van der Waals surface area (Å²) in [4.78, 5) is 2.30. The number of hydrogen-bond acceptors (Lipinski definition) is 3. The molecule has 8 aromatic carbocycles. The Kier molecular flexibility index (Phi) is 5.57. The van der Waals surface area contributed by atoms with Crippen molar-refractivity contribution in [3.05, 3.63) is 164 Å². The minimum Gasteiger partial charge on any atom is -0.456 e. The van der Waals surface area contributed by atoms with Crippen LogP contribution < -0.4 is 4.90 Å². The lowest BCUT2D eigenvalue weighted by Gasteiger charge is -2.26. The van der Waals surface area contributed by atoms with E-state index in [1.165, 1.54) is 21.9 Å². The second-order valence-corrected chi connectivity index (χ2v) is 12.2. The smallest absolute Gasteiger partial charge is 0.147 e. The van der Waals surface area contributed by atoms with Gasteiger partial charge in [0.25, 0.3) is 0 Å². The van der Waals surface area contributed by atoms with Gasteiger partial charge in [0.1, 0.15) is 22.3 Å². The van der Waals surface area contributed by atoms with E-state index in [-0.39, 0.29) is 0 Å².